The third-order valence-corrected chi connectivity index (χ3v) is 4.72. The number of nitriles is 2. The Bertz CT molecular complexity index is 852. The Kier molecular flexibility index (Phi) is 5.41. The summed E-state index contributed by atoms with van der Waals surface area (Å²) in [5.74, 6) is -0.495. The number of carbonyl (C=O) groups excluding carboxylic acids is 1. The van der Waals surface area contributed by atoms with Gasteiger partial charge in [0.1, 0.15) is 28.2 Å². The molecule has 1 unspecified atom stereocenters. The molecule has 1 heterocycles. The van der Waals surface area contributed by atoms with E-state index < -0.39 is 11.2 Å². The molecule has 0 aliphatic heterocycles. The summed E-state index contributed by atoms with van der Waals surface area (Å²) in [6.07, 6.45) is 0.457. The van der Waals surface area contributed by atoms with Gasteiger partial charge >= 0.3 is 0 Å². The molecule has 2 rings (SSSR count). The number of amides is 1. The standard InChI is InChI=1S/C17H15N5OS/c1-2-11-12(8-18)15(20)22-17(13(11)9-19)24-14(16(21)23)10-6-4-3-5-7-10/h3-7,14H,2H2,1H3,(H2,20,22)(H2,21,23). The molecule has 0 aliphatic carbocycles. The van der Waals surface area contributed by atoms with Crippen LogP contribution >= 0.6 is 11.8 Å². The maximum Gasteiger partial charge on any atom is 0.235 e. The first-order chi connectivity index (χ1) is 11.5. The molecule has 0 saturated carbocycles. The second-order valence-corrected chi connectivity index (χ2v) is 6.01. The second-order valence-electron chi connectivity index (χ2n) is 4.92. The number of rotatable bonds is 5. The molecule has 2 aromatic rings. The number of nitrogens with zero attached hydrogens (tertiary/aromatic N) is 3. The number of carbonyl (C=O) groups is 1. The summed E-state index contributed by atoms with van der Waals surface area (Å²) in [7, 11) is 0. The second kappa shape index (κ2) is 7.49. The molecule has 0 saturated heterocycles. The van der Waals surface area contributed by atoms with Crippen LogP contribution in [0, 0.1) is 22.7 Å². The highest BCUT2D eigenvalue weighted by Crippen LogP contribution is 2.38. The van der Waals surface area contributed by atoms with Gasteiger partial charge in [-0.1, -0.05) is 49.0 Å². The van der Waals surface area contributed by atoms with Crippen molar-refractivity contribution in [3.8, 4) is 12.1 Å². The van der Waals surface area contributed by atoms with E-state index in [2.05, 4.69) is 11.1 Å². The molecule has 24 heavy (non-hydrogen) atoms. The summed E-state index contributed by atoms with van der Waals surface area (Å²) in [6.45, 7) is 1.83. The smallest absolute Gasteiger partial charge is 0.235 e. The zero-order valence-corrected chi connectivity index (χ0v) is 13.8. The number of benzene rings is 1. The van der Waals surface area contributed by atoms with E-state index in [1.807, 2.05) is 19.1 Å². The van der Waals surface area contributed by atoms with Crippen molar-refractivity contribution in [3.05, 3.63) is 52.6 Å². The lowest BCUT2D eigenvalue weighted by molar-refractivity contribution is -0.117. The topological polar surface area (TPSA) is 130 Å². The zero-order chi connectivity index (χ0) is 17.7. The van der Waals surface area contributed by atoms with Crippen molar-refractivity contribution in [2.45, 2.75) is 23.6 Å². The van der Waals surface area contributed by atoms with Crippen molar-refractivity contribution in [2.24, 2.45) is 5.73 Å². The summed E-state index contributed by atoms with van der Waals surface area (Å²) in [6, 6.07) is 13.1. The van der Waals surface area contributed by atoms with E-state index in [1.165, 1.54) is 0 Å². The number of hydrogen-bond acceptors (Lipinski definition) is 6. The van der Waals surface area contributed by atoms with E-state index in [4.69, 9.17) is 11.5 Å². The van der Waals surface area contributed by atoms with Gasteiger partial charge in [0, 0.05) is 0 Å². The first kappa shape index (κ1) is 17.3. The Balaban J connectivity index is 2.56. The van der Waals surface area contributed by atoms with E-state index in [9.17, 15) is 15.3 Å². The summed E-state index contributed by atoms with van der Waals surface area (Å²) >= 11 is 1.07. The van der Waals surface area contributed by atoms with Crippen LogP contribution in [-0.4, -0.2) is 10.9 Å². The average Bonchev–Trinajstić information content (AvgIpc) is 2.59. The van der Waals surface area contributed by atoms with Crippen molar-refractivity contribution in [2.75, 3.05) is 5.73 Å². The number of aromatic nitrogens is 1. The Labute approximate surface area is 144 Å². The Morgan fingerprint density at radius 3 is 2.38 bits per heavy atom. The fourth-order valence-corrected chi connectivity index (χ4v) is 3.41. The van der Waals surface area contributed by atoms with Gasteiger partial charge < -0.3 is 11.5 Å². The van der Waals surface area contributed by atoms with Gasteiger partial charge in [-0.3, -0.25) is 4.79 Å². The molecule has 0 fully saturated rings. The molecular weight excluding hydrogens is 322 g/mol. The predicted molar refractivity (Wildman–Crippen MR) is 91.7 cm³/mol. The lowest BCUT2D eigenvalue weighted by Crippen LogP contribution is -2.19. The minimum atomic E-state index is -0.706. The van der Waals surface area contributed by atoms with Crippen LogP contribution in [0.3, 0.4) is 0 Å². The fraction of sp³-hybridized carbons (Fsp3) is 0.176. The predicted octanol–water partition coefficient (Wildman–Crippen LogP) is 2.29. The van der Waals surface area contributed by atoms with Gasteiger partial charge in [-0.15, -0.1) is 0 Å². The minimum Gasteiger partial charge on any atom is -0.383 e. The third kappa shape index (κ3) is 3.32. The van der Waals surface area contributed by atoms with Gasteiger partial charge in [0.05, 0.1) is 11.1 Å². The molecule has 1 aromatic heterocycles. The first-order valence-electron chi connectivity index (χ1n) is 7.16. The molecule has 1 aromatic carbocycles. The van der Waals surface area contributed by atoms with E-state index >= 15 is 0 Å². The largest absolute Gasteiger partial charge is 0.383 e. The van der Waals surface area contributed by atoms with Gasteiger partial charge in [-0.2, -0.15) is 10.5 Å². The number of primary amides is 1. The average molecular weight is 337 g/mol. The molecule has 1 atom stereocenters. The van der Waals surface area contributed by atoms with E-state index in [1.54, 1.807) is 24.3 Å². The molecule has 120 valence electrons. The Morgan fingerprint density at radius 1 is 1.25 bits per heavy atom. The monoisotopic (exact) mass is 337 g/mol. The van der Waals surface area contributed by atoms with Crippen LogP contribution in [0.5, 0.6) is 0 Å². The maximum atomic E-state index is 11.9. The van der Waals surface area contributed by atoms with Crippen LogP contribution in [0.1, 0.15) is 34.4 Å². The SMILES string of the molecule is CCc1c(C#N)c(N)nc(SC(C(N)=O)c2ccccc2)c1C#N. The van der Waals surface area contributed by atoms with Crippen molar-refractivity contribution in [3.63, 3.8) is 0 Å². The van der Waals surface area contributed by atoms with E-state index in [0.717, 1.165) is 11.8 Å². The molecule has 7 heteroatoms. The van der Waals surface area contributed by atoms with Gasteiger partial charge in [0.15, 0.2) is 0 Å². The molecule has 6 nitrogen and oxygen atoms in total. The Morgan fingerprint density at radius 2 is 1.88 bits per heavy atom. The summed E-state index contributed by atoms with van der Waals surface area (Å²) in [4.78, 5) is 16.0. The number of hydrogen-bond donors (Lipinski definition) is 2. The highest BCUT2D eigenvalue weighted by Gasteiger charge is 2.24. The van der Waals surface area contributed by atoms with Gasteiger partial charge in [0.25, 0.3) is 0 Å². The number of pyridine rings is 1. The van der Waals surface area contributed by atoms with Crippen molar-refractivity contribution in [1.29, 1.82) is 10.5 Å². The number of nitrogens with two attached hydrogens (primary N) is 2. The maximum absolute atomic E-state index is 11.9. The number of thioether (sulfide) groups is 1. The third-order valence-electron chi connectivity index (χ3n) is 3.46. The zero-order valence-electron chi connectivity index (χ0n) is 13.0. The van der Waals surface area contributed by atoms with Crippen molar-refractivity contribution >= 4 is 23.5 Å². The van der Waals surface area contributed by atoms with Crippen LogP contribution in [-0.2, 0) is 11.2 Å². The van der Waals surface area contributed by atoms with Gasteiger partial charge in [-0.05, 0) is 17.5 Å². The first-order valence-corrected chi connectivity index (χ1v) is 8.04. The lowest BCUT2D eigenvalue weighted by atomic mass is 10.0. The normalized spacial score (nSPS) is 11.3. The summed E-state index contributed by atoms with van der Waals surface area (Å²) < 4.78 is 0. The van der Waals surface area contributed by atoms with E-state index in [0.29, 0.717) is 22.6 Å². The van der Waals surface area contributed by atoms with Crippen LogP contribution in [0.25, 0.3) is 0 Å². The van der Waals surface area contributed by atoms with Gasteiger partial charge in [0.2, 0.25) is 5.91 Å². The summed E-state index contributed by atoms with van der Waals surface area (Å²) in [5, 5.41) is 18.3. The molecule has 0 radical (unpaired) electrons. The molecule has 0 aliphatic rings. The van der Waals surface area contributed by atoms with Crippen molar-refractivity contribution in [1.82, 2.24) is 4.98 Å². The van der Waals surface area contributed by atoms with E-state index in [-0.39, 0.29) is 16.9 Å². The Hall–Kier alpha value is -3.03. The van der Waals surface area contributed by atoms with Crippen LogP contribution in [0.2, 0.25) is 0 Å². The highest BCUT2D eigenvalue weighted by atomic mass is 32.2. The van der Waals surface area contributed by atoms with Gasteiger partial charge in [-0.25, -0.2) is 4.98 Å². The van der Waals surface area contributed by atoms with Crippen LogP contribution in [0.15, 0.2) is 35.4 Å². The van der Waals surface area contributed by atoms with Crippen LogP contribution in [0.4, 0.5) is 5.82 Å². The molecule has 0 bridgehead atoms. The minimum absolute atomic E-state index is 0.0483. The lowest BCUT2D eigenvalue weighted by Gasteiger charge is -2.16. The molecular formula is C17H15N5OS. The number of nitrogen functional groups attached to an aromatic ring is 1. The fourth-order valence-electron chi connectivity index (χ4n) is 2.34. The molecule has 1 amide bonds. The molecule has 0 spiro atoms. The van der Waals surface area contributed by atoms with Crippen molar-refractivity contribution < 1.29 is 4.79 Å². The number of anilines is 1. The highest BCUT2D eigenvalue weighted by molar-refractivity contribution is 8.00. The quantitative estimate of drug-likeness (QED) is 0.805. The summed E-state index contributed by atoms with van der Waals surface area (Å²) in [5.41, 5.74) is 13.1. The van der Waals surface area contributed by atoms with Crippen LogP contribution < -0.4 is 11.5 Å². The molecule has 4 N–H and O–H groups in total.